The van der Waals surface area contributed by atoms with E-state index in [0.717, 1.165) is 12.1 Å². The Morgan fingerprint density at radius 3 is 2.65 bits per heavy atom. The van der Waals surface area contributed by atoms with Gasteiger partial charge in [-0.05, 0) is 32.8 Å². The standard InChI is InChI=1S/C20H31N3O3/c1-15(2)23(10-4-12-24)19(25)13-18-20(26)21-9-11-22(18)14-17-7-5-16(3)6-8-17/h5-8,15,18,24H,4,9-14H2,1-3H3,(H,21,26)/t18-/m1/s1. The van der Waals surface area contributed by atoms with E-state index in [-0.39, 0.29) is 30.9 Å². The molecule has 0 aliphatic carbocycles. The molecule has 1 fully saturated rings. The Labute approximate surface area is 156 Å². The number of carbonyl (C=O) groups excluding carboxylic acids is 2. The number of nitrogens with zero attached hydrogens (tertiary/aromatic N) is 2. The molecule has 0 bridgehead atoms. The molecule has 0 radical (unpaired) electrons. The maximum absolute atomic E-state index is 12.8. The van der Waals surface area contributed by atoms with Crippen LogP contribution in [-0.4, -0.2) is 65.0 Å². The van der Waals surface area contributed by atoms with Crippen LogP contribution in [0.25, 0.3) is 0 Å². The summed E-state index contributed by atoms with van der Waals surface area (Å²) in [4.78, 5) is 29.1. The van der Waals surface area contributed by atoms with E-state index in [9.17, 15) is 9.59 Å². The van der Waals surface area contributed by atoms with Gasteiger partial charge in [0.2, 0.25) is 11.8 Å². The number of aliphatic hydroxyl groups is 1. The summed E-state index contributed by atoms with van der Waals surface area (Å²) in [5.41, 5.74) is 2.34. The van der Waals surface area contributed by atoms with Crippen LogP contribution in [0.5, 0.6) is 0 Å². The van der Waals surface area contributed by atoms with Crippen molar-refractivity contribution in [3.63, 3.8) is 0 Å². The Bertz CT molecular complexity index is 601. The van der Waals surface area contributed by atoms with Crippen molar-refractivity contribution in [3.8, 4) is 0 Å². The van der Waals surface area contributed by atoms with E-state index in [4.69, 9.17) is 5.11 Å². The molecule has 0 unspecified atom stereocenters. The Kier molecular flexibility index (Phi) is 7.60. The molecule has 0 saturated carbocycles. The van der Waals surface area contributed by atoms with Gasteiger partial charge in [-0.3, -0.25) is 14.5 Å². The molecule has 1 aliphatic rings. The predicted molar refractivity (Wildman–Crippen MR) is 102 cm³/mol. The predicted octanol–water partition coefficient (Wildman–Crippen LogP) is 1.30. The normalized spacial score (nSPS) is 18.0. The fourth-order valence-electron chi connectivity index (χ4n) is 3.30. The number of benzene rings is 1. The molecular weight excluding hydrogens is 330 g/mol. The monoisotopic (exact) mass is 361 g/mol. The van der Waals surface area contributed by atoms with Crippen LogP contribution < -0.4 is 5.32 Å². The average molecular weight is 361 g/mol. The van der Waals surface area contributed by atoms with Crippen LogP contribution in [0.2, 0.25) is 0 Å². The van der Waals surface area contributed by atoms with E-state index < -0.39 is 6.04 Å². The minimum absolute atomic E-state index is 0.0376. The van der Waals surface area contributed by atoms with Gasteiger partial charge in [-0.25, -0.2) is 0 Å². The van der Waals surface area contributed by atoms with Crippen molar-refractivity contribution in [3.05, 3.63) is 35.4 Å². The molecule has 2 N–H and O–H groups in total. The molecule has 26 heavy (non-hydrogen) atoms. The zero-order chi connectivity index (χ0) is 19.1. The molecule has 6 nitrogen and oxygen atoms in total. The fraction of sp³-hybridized carbons (Fsp3) is 0.600. The van der Waals surface area contributed by atoms with E-state index in [1.54, 1.807) is 4.90 Å². The van der Waals surface area contributed by atoms with E-state index in [0.29, 0.717) is 26.1 Å². The minimum atomic E-state index is -0.451. The van der Waals surface area contributed by atoms with E-state index in [1.807, 2.05) is 20.8 Å². The Morgan fingerprint density at radius 2 is 2.04 bits per heavy atom. The summed E-state index contributed by atoms with van der Waals surface area (Å²) in [7, 11) is 0. The van der Waals surface area contributed by atoms with Crippen LogP contribution in [-0.2, 0) is 16.1 Å². The Balaban J connectivity index is 2.07. The minimum Gasteiger partial charge on any atom is -0.396 e. The number of amides is 2. The van der Waals surface area contributed by atoms with Crippen LogP contribution in [0.3, 0.4) is 0 Å². The van der Waals surface area contributed by atoms with Crippen LogP contribution >= 0.6 is 0 Å². The zero-order valence-corrected chi connectivity index (χ0v) is 16.1. The topological polar surface area (TPSA) is 72.9 Å². The third-order valence-electron chi connectivity index (χ3n) is 4.82. The van der Waals surface area contributed by atoms with Gasteiger partial charge in [0.05, 0.1) is 12.5 Å². The first-order chi connectivity index (χ1) is 12.4. The van der Waals surface area contributed by atoms with E-state index in [1.165, 1.54) is 5.56 Å². The van der Waals surface area contributed by atoms with Crippen LogP contribution in [0.15, 0.2) is 24.3 Å². The van der Waals surface area contributed by atoms with Gasteiger partial charge in [-0.1, -0.05) is 29.8 Å². The summed E-state index contributed by atoms with van der Waals surface area (Å²) < 4.78 is 0. The van der Waals surface area contributed by atoms with E-state index >= 15 is 0 Å². The lowest BCUT2D eigenvalue weighted by Gasteiger charge is -2.36. The number of aliphatic hydroxyl groups excluding tert-OH is 1. The largest absolute Gasteiger partial charge is 0.396 e. The highest BCUT2D eigenvalue weighted by Crippen LogP contribution is 2.16. The van der Waals surface area contributed by atoms with Gasteiger partial charge < -0.3 is 15.3 Å². The number of aryl methyl sites for hydroxylation is 1. The highest BCUT2D eigenvalue weighted by molar-refractivity contribution is 5.89. The SMILES string of the molecule is Cc1ccc(CN2CCNC(=O)[C@H]2CC(=O)N(CCCO)C(C)C)cc1. The summed E-state index contributed by atoms with van der Waals surface area (Å²) in [6.45, 7) is 8.53. The second kappa shape index (κ2) is 9.69. The van der Waals surface area contributed by atoms with Crippen LogP contribution in [0.1, 0.15) is 37.8 Å². The van der Waals surface area contributed by atoms with Crippen molar-refractivity contribution < 1.29 is 14.7 Å². The van der Waals surface area contributed by atoms with Crippen LogP contribution in [0, 0.1) is 6.92 Å². The summed E-state index contributed by atoms with van der Waals surface area (Å²) >= 11 is 0. The summed E-state index contributed by atoms with van der Waals surface area (Å²) in [6.07, 6.45) is 0.717. The molecule has 1 aromatic carbocycles. The molecule has 1 atom stereocenters. The number of nitrogens with one attached hydrogen (secondary N) is 1. The Hall–Kier alpha value is -1.92. The number of piperazine rings is 1. The summed E-state index contributed by atoms with van der Waals surface area (Å²) in [5, 5.41) is 11.9. The van der Waals surface area contributed by atoms with Crippen molar-refractivity contribution >= 4 is 11.8 Å². The molecule has 6 heteroatoms. The fourth-order valence-corrected chi connectivity index (χ4v) is 3.30. The van der Waals surface area contributed by atoms with Gasteiger partial charge in [0.1, 0.15) is 0 Å². The molecule has 1 aliphatic heterocycles. The Morgan fingerprint density at radius 1 is 1.35 bits per heavy atom. The average Bonchev–Trinajstić information content (AvgIpc) is 2.60. The maximum atomic E-state index is 12.8. The number of hydrogen-bond acceptors (Lipinski definition) is 4. The van der Waals surface area contributed by atoms with Crippen molar-refractivity contribution in [1.29, 1.82) is 0 Å². The second-order valence-electron chi connectivity index (χ2n) is 7.23. The molecule has 2 rings (SSSR count). The van der Waals surface area contributed by atoms with Crippen molar-refractivity contribution in [1.82, 2.24) is 15.1 Å². The third kappa shape index (κ3) is 5.54. The van der Waals surface area contributed by atoms with E-state index in [2.05, 4.69) is 34.5 Å². The first-order valence-electron chi connectivity index (χ1n) is 9.40. The molecule has 144 valence electrons. The first kappa shape index (κ1) is 20.4. The number of rotatable bonds is 8. The molecule has 1 heterocycles. The van der Waals surface area contributed by atoms with Gasteiger partial charge in [0.15, 0.2) is 0 Å². The van der Waals surface area contributed by atoms with Gasteiger partial charge in [0.25, 0.3) is 0 Å². The highest BCUT2D eigenvalue weighted by atomic mass is 16.3. The van der Waals surface area contributed by atoms with Gasteiger partial charge in [-0.15, -0.1) is 0 Å². The lowest BCUT2D eigenvalue weighted by Crippen LogP contribution is -2.56. The van der Waals surface area contributed by atoms with Crippen LogP contribution in [0.4, 0.5) is 0 Å². The number of carbonyl (C=O) groups is 2. The lowest BCUT2D eigenvalue weighted by molar-refractivity contribution is -0.140. The van der Waals surface area contributed by atoms with Gasteiger partial charge in [0, 0.05) is 38.8 Å². The third-order valence-corrected chi connectivity index (χ3v) is 4.82. The van der Waals surface area contributed by atoms with Crippen molar-refractivity contribution in [2.45, 2.75) is 52.2 Å². The number of hydrogen-bond donors (Lipinski definition) is 2. The van der Waals surface area contributed by atoms with Gasteiger partial charge >= 0.3 is 0 Å². The molecule has 0 spiro atoms. The lowest BCUT2D eigenvalue weighted by atomic mass is 10.0. The van der Waals surface area contributed by atoms with Crippen molar-refractivity contribution in [2.75, 3.05) is 26.2 Å². The first-order valence-corrected chi connectivity index (χ1v) is 9.40. The molecule has 0 aromatic heterocycles. The highest BCUT2D eigenvalue weighted by Gasteiger charge is 2.33. The summed E-state index contributed by atoms with van der Waals surface area (Å²) in [6, 6.07) is 7.87. The zero-order valence-electron chi connectivity index (χ0n) is 16.1. The smallest absolute Gasteiger partial charge is 0.237 e. The maximum Gasteiger partial charge on any atom is 0.237 e. The second-order valence-corrected chi connectivity index (χ2v) is 7.23. The summed E-state index contributed by atoms with van der Waals surface area (Å²) in [5.74, 6) is -0.119. The quantitative estimate of drug-likeness (QED) is 0.732. The molecule has 1 aromatic rings. The van der Waals surface area contributed by atoms with Gasteiger partial charge in [-0.2, -0.15) is 0 Å². The molecular formula is C20H31N3O3. The molecule has 1 saturated heterocycles. The molecule has 2 amide bonds. The van der Waals surface area contributed by atoms with Crippen molar-refractivity contribution in [2.24, 2.45) is 0 Å².